The fourth-order valence-corrected chi connectivity index (χ4v) is 4.39. The molecule has 0 unspecified atom stereocenters. The molecule has 28 heavy (non-hydrogen) atoms. The molecule has 0 amide bonds. The Bertz CT molecular complexity index is 927. The predicted octanol–water partition coefficient (Wildman–Crippen LogP) is 5.41. The maximum Gasteiger partial charge on any atom is 0.289 e. The molecule has 0 aliphatic heterocycles. The number of hydrogen-bond acceptors (Lipinski definition) is 6. The third kappa shape index (κ3) is 4.52. The van der Waals surface area contributed by atoms with Crippen molar-refractivity contribution in [1.82, 2.24) is 14.8 Å². The SMILES string of the molecule is COc1cc(CSc2nnc(C3CC3)n2Cc2ccco2)ccc1SC(F)F. The minimum Gasteiger partial charge on any atom is -0.496 e. The van der Waals surface area contributed by atoms with Gasteiger partial charge in [-0.15, -0.1) is 10.2 Å². The Labute approximate surface area is 169 Å². The van der Waals surface area contributed by atoms with Gasteiger partial charge in [0.2, 0.25) is 0 Å². The lowest BCUT2D eigenvalue weighted by atomic mass is 10.2. The van der Waals surface area contributed by atoms with Crippen LogP contribution < -0.4 is 4.74 Å². The Kier molecular flexibility index (Phi) is 5.91. The fourth-order valence-electron chi connectivity index (χ4n) is 2.90. The van der Waals surface area contributed by atoms with Crippen LogP contribution >= 0.6 is 23.5 Å². The summed E-state index contributed by atoms with van der Waals surface area (Å²) < 4.78 is 38.2. The van der Waals surface area contributed by atoms with Crippen LogP contribution in [0.15, 0.2) is 51.1 Å². The van der Waals surface area contributed by atoms with Crippen LogP contribution in [0.5, 0.6) is 5.75 Å². The van der Waals surface area contributed by atoms with Crippen molar-refractivity contribution in [3.05, 3.63) is 53.7 Å². The molecule has 1 saturated carbocycles. The van der Waals surface area contributed by atoms with Crippen molar-refractivity contribution in [2.75, 3.05) is 7.11 Å². The van der Waals surface area contributed by atoms with Gasteiger partial charge in [-0.2, -0.15) is 8.78 Å². The third-order valence-corrected chi connectivity index (χ3v) is 6.20. The van der Waals surface area contributed by atoms with E-state index in [0.717, 1.165) is 35.1 Å². The molecule has 1 aromatic carbocycles. The Morgan fingerprint density at radius 3 is 2.82 bits per heavy atom. The molecule has 0 spiro atoms. The highest BCUT2D eigenvalue weighted by molar-refractivity contribution is 7.99. The Morgan fingerprint density at radius 2 is 2.14 bits per heavy atom. The molecule has 0 saturated heterocycles. The van der Waals surface area contributed by atoms with Gasteiger partial charge in [0, 0.05) is 11.7 Å². The topological polar surface area (TPSA) is 53.1 Å². The zero-order valence-corrected chi connectivity index (χ0v) is 16.8. The van der Waals surface area contributed by atoms with E-state index in [9.17, 15) is 8.78 Å². The fraction of sp³-hybridized carbons (Fsp3) is 0.368. The van der Waals surface area contributed by atoms with E-state index in [1.165, 1.54) is 7.11 Å². The second-order valence-corrected chi connectivity index (χ2v) is 8.41. The maximum atomic E-state index is 12.7. The highest BCUT2D eigenvalue weighted by Gasteiger charge is 2.30. The number of furan rings is 1. The summed E-state index contributed by atoms with van der Waals surface area (Å²) in [7, 11) is 1.49. The zero-order valence-electron chi connectivity index (χ0n) is 15.2. The molecule has 148 valence electrons. The van der Waals surface area contributed by atoms with Gasteiger partial charge in [0.1, 0.15) is 17.3 Å². The summed E-state index contributed by atoms with van der Waals surface area (Å²) in [6, 6.07) is 9.13. The molecule has 9 heteroatoms. The van der Waals surface area contributed by atoms with Gasteiger partial charge in [0.15, 0.2) is 5.16 Å². The maximum absolute atomic E-state index is 12.7. The monoisotopic (exact) mass is 423 g/mol. The highest BCUT2D eigenvalue weighted by atomic mass is 32.2. The molecule has 2 heterocycles. The van der Waals surface area contributed by atoms with Crippen molar-refractivity contribution in [2.24, 2.45) is 0 Å². The lowest BCUT2D eigenvalue weighted by molar-refractivity contribution is 0.251. The number of benzene rings is 1. The van der Waals surface area contributed by atoms with Gasteiger partial charge in [-0.25, -0.2) is 0 Å². The predicted molar refractivity (Wildman–Crippen MR) is 104 cm³/mol. The molecule has 1 fully saturated rings. The number of methoxy groups -OCH3 is 1. The Hall–Kier alpha value is -2.00. The molecule has 5 nitrogen and oxygen atoms in total. The minimum atomic E-state index is -2.48. The normalized spacial score (nSPS) is 14.0. The summed E-state index contributed by atoms with van der Waals surface area (Å²) >= 11 is 2.05. The van der Waals surface area contributed by atoms with Crippen molar-refractivity contribution in [1.29, 1.82) is 0 Å². The molecule has 0 atom stereocenters. The number of aromatic nitrogens is 3. The summed E-state index contributed by atoms with van der Waals surface area (Å²) in [4.78, 5) is 0.434. The van der Waals surface area contributed by atoms with Crippen molar-refractivity contribution < 1.29 is 17.9 Å². The zero-order chi connectivity index (χ0) is 19.5. The van der Waals surface area contributed by atoms with E-state index in [2.05, 4.69) is 14.8 Å². The first-order chi connectivity index (χ1) is 13.6. The number of halogens is 2. The lowest BCUT2D eigenvalue weighted by Gasteiger charge is -2.11. The summed E-state index contributed by atoms with van der Waals surface area (Å²) in [6.45, 7) is 0.599. The van der Waals surface area contributed by atoms with E-state index < -0.39 is 5.76 Å². The number of alkyl halides is 2. The molecule has 0 bridgehead atoms. The molecule has 0 radical (unpaired) electrons. The molecule has 0 N–H and O–H groups in total. The third-order valence-electron chi connectivity index (χ3n) is 4.39. The van der Waals surface area contributed by atoms with Crippen LogP contribution in [0.2, 0.25) is 0 Å². The second kappa shape index (κ2) is 8.57. The van der Waals surface area contributed by atoms with Gasteiger partial charge in [0.05, 0.1) is 24.8 Å². The van der Waals surface area contributed by atoms with Gasteiger partial charge < -0.3 is 9.15 Å². The van der Waals surface area contributed by atoms with Crippen LogP contribution in [0, 0.1) is 0 Å². The van der Waals surface area contributed by atoms with Crippen LogP contribution in [0.3, 0.4) is 0 Å². The smallest absolute Gasteiger partial charge is 0.289 e. The molecule has 3 aromatic rings. The van der Waals surface area contributed by atoms with Crippen molar-refractivity contribution in [3.63, 3.8) is 0 Å². The van der Waals surface area contributed by atoms with E-state index in [4.69, 9.17) is 9.15 Å². The van der Waals surface area contributed by atoms with Gasteiger partial charge in [-0.05, 0) is 42.7 Å². The minimum absolute atomic E-state index is 0.434. The molecular formula is C19H19F2N3O2S2. The molecular weight excluding hydrogens is 404 g/mol. The molecule has 2 aromatic heterocycles. The Balaban J connectivity index is 1.50. The molecule has 4 rings (SSSR count). The first-order valence-electron chi connectivity index (χ1n) is 8.84. The number of rotatable bonds is 9. The van der Waals surface area contributed by atoms with E-state index in [1.54, 1.807) is 30.2 Å². The molecule has 1 aliphatic rings. The number of nitrogens with zero attached hydrogens (tertiary/aromatic N) is 3. The first kappa shape index (κ1) is 19.3. The van der Waals surface area contributed by atoms with Gasteiger partial charge in [-0.1, -0.05) is 29.6 Å². The van der Waals surface area contributed by atoms with Crippen LogP contribution in [-0.4, -0.2) is 27.6 Å². The van der Waals surface area contributed by atoms with E-state index in [-0.39, 0.29) is 0 Å². The first-order valence-corrected chi connectivity index (χ1v) is 10.7. The summed E-state index contributed by atoms with van der Waals surface area (Å²) in [5.41, 5.74) is 0.973. The van der Waals surface area contributed by atoms with Crippen molar-refractivity contribution in [2.45, 2.75) is 46.9 Å². The van der Waals surface area contributed by atoms with Crippen molar-refractivity contribution >= 4 is 23.5 Å². The Morgan fingerprint density at radius 1 is 1.29 bits per heavy atom. The second-order valence-electron chi connectivity index (χ2n) is 6.43. The number of ether oxygens (including phenoxy) is 1. The van der Waals surface area contributed by atoms with E-state index >= 15 is 0 Å². The van der Waals surface area contributed by atoms with Gasteiger partial charge in [-0.3, -0.25) is 4.57 Å². The van der Waals surface area contributed by atoms with Crippen molar-refractivity contribution in [3.8, 4) is 5.75 Å². The van der Waals surface area contributed by atoms with Gasteiger partial charge >= 0.3 is 0 Å². The standard InChI is InChI=1S/C19H19F2N3O2S2/c1-25-15-9-12(4-7-16(15)28-18(20)21)11-27-19-23-22-17(13-5-6-13)24(19)10-14-3-2-8-26-14/h2-4,7-9,13,18H,5-6,10-11H2,1H3. The van der Waals surface area contributed by atoms with Crippen LogP contribution in [0.1, 0.15) is 35.9 Å². The van der Waals surface area contributed by atoms with Crippen LogP contribution in [0.25, 0.3) is 0 Å². The van der Waals surface area contributed by atoms with Crippen LogP contribution in [0.4, 0.5) is 8.78 Å². The largest absolute Gasteiger partial charge is 0.496 e. The van der Waals surface area contributed by atoms with E-state index in [1.807, 2.05) is 18.2 Å². The average molecular weight is 424 g/mol. The summed E-state index contributed by atoms with van der Waals surface area (Å²) in [5.74, 6) is 0.951. The lowest BCUT2D eigenvalue weighted by Crippen LogP contribution is -2.05. The quantitative estimate of drug-likeness (QED) is 0.429. The average Bonchev–Trinajstić information content (AvgIpc) is 3.24. The summed E-state index contributed by atoms with van der Waals surface area (Å²) in [6.07, 6.45) is 3.94. The molecule has 1 aliphatic carbocycles. The highest BCUT2D eigenvalue weighted by Crippen LogP contribution is 2.41. The number of thioether (sulfide) groups is 2. The summed E-state index contributed by atoms with van der Waals surface area (Å²) in [5, 5.41) is 9.59. The van der Waals surface area contributed by atoms with Crippen LogP contribution in [-0.2, 0) is 12.3 Å². The number of hydrogen-bond donors (Lipinski definition) is 0. The van der Waals surface area contributed by atoms with Gasteiger partial charge in [0.25, 0.3) is 5.76 Å². The van der Waals surface area contributed by atoms with E-state index in [0.29, 0.717) is 40.6 Å².